The number of nitrogens with one attached hydrogen (secondary N) is 1. The number of sulfonamides is 1. The molecular weight excluding hydrogens is 630 g/mol. The predicted molar refractivity (Wildman–Crippen MR) is 188 cm³/mol. The Morgan fingerprint density at radius 2 is 1.30 bits per heavy atom. The number of carbonyl (C=O) groups is 2. The quantitative estimate of drug-likeness (QED) is 0.145. The van der Waals surface area contributed by atoms with Gasteiger partial charge in [-0.25, -0.2) is 17.9 Å². The molecule has 0 radical (unpaired) electrons. The van der Waals surface area contributed by atoms with Gasteiger partial charge in [0, 0.05) is 24.3 Å². The number of rotatable bonds is 12. The van der Waals surface area contributed by atoms with Crippen LogP contribution in [0.25, 0.3) is 11.1 Å². The predicted octanol–water partition coefficient (Wildman–Crippen LogP) is 8.55. The van der Waals surface area contributed by atoms with Crippen molar-refractivity contribution in [1.82, 2.24) is 9.62 Å². The molecule has 0 spiro atoms. The first-order chi connectivity index (χ1) is 22.8. The molecule has 5 rings (SSSR count). The van der Waals surface area contributed by atoms with E-state index in [2.05, 4.69) is 11.6 Å². The molecule has 0 aliphatic rings. The first kappa shape index (κ1) is 33.4. The zero-order valence-electron chi connectivity index (χ0n) is 26.1. The number of urea groups is 1. The van der Waals surface area contributed by atoms with Crippen molar-refractivity contribution >= 4 is 39.2 Å². The third kappa shape index (κ3) is 8.47. The second-order valence-electron chi connectivity index (χ2n) is 11.1. The van der Waals surface area contributed by atoms with Crippen LogP contribution in [-0.2, 0) is 23.1 Å². The fraction of sp³-hybridized carbons (Fsp3) is 0.158. The number of halogens is 1. The minimum absolute atomic E-state index is 0.0349. The maximum absolute atomic E-state index is 14.2. The van der Waals surface area contributed by atoms with Crippen molar-refractivity contribution in [2.45, 2.75) is 37.8 Å². The SMILES string of the molecule is CCCCN(Cc1ccc(-c2ccccc2S(=O)(=O)NC(=O)c2ccccc2Cl)cc1)C(=O)N(Cc1ccccc1)c1ccccc1. The van der Waals surface area contributed by atoms with Gasteiger partial charge in [0.2, 0.25) is 0 Å². The van der Waals surface area contributed by atoms with Crippen LogP contribution in [0.4, 0.5) is 10.5 Å². The van der Waals surface area contributed by atoms with Crippen molar-refractivity contribution in [2.24, 2.45) is 0 Å². The van der Waals surface area contributed by atoms with Crippen molar-refractivity contribution in [1.29, 1.82) is 0 Å². The Hall–Kier alpha value is -4.92. The second kappa shape index (κ2) is 15.6. The minimum Gasteiger partial charge on any atom is -0.320 e. The van der Waals surface area contributed by atoms with Gasteiger partial charge in [0.05, 0.1) is 22.0 Å². The third-order valence-electron chi connectivity index (χ3n) is 7.69. The topological polar surface area (TPSA) is 86.8 Å². The Bertz CT molecular complexity index is 1920. The van der Waals surface area contributed by atoms with Crippen molar-refractivity contribution in [2.75, 3.05) is 11.4 Å². The lowest BCUT2D eigenvalue weighted by Crippen LogP contribution is -2.43. The highest BCUT2D eigenvalue weighted by molar-refractivity contribution is 7.90. The molecule has 0 atom stereocenters. The van der Waals surface area contributed by atoms with E-state index in [9.17, 15) is 18.0 Å². The molecule has 0 bridgehead atoms. The fourth-order valence-corrected chi connectivity index (χ4v) is 6.65. The number of anilines is 1. The number of carbonyl (C=O) groups excluding carboxylic acids is 2. The van der Waals surface area contributed by atoms with E-state index in [0.29, 0.717) is 30.8 Å². The van der Waals surface area contributed by atoms with Crippen molar-refractivity contribution in [3.8, 4) is 11.1 Å². The van der Waals surface area contributed by atoms with Crippen molar-refractivity contribution in [3.63, 3.8) is 0 Å². The summed E-state index contributed by atoms with van der Waals surface area (Å²) in [5, 5.41) is 0.155. The number of nitrogens with zero attached hydrogens (tertiary/aromatic N) is 2. The first-order valence-electron chi connectivity index (χ1n) is 15.4. The van der Waals surface area contributed by atoms with Crippen LogP contribution in [0.1, 0.15) is 41.3 Å². The highest BCUT2D eigenvalue weighted by Gasteiger charge is 2.25. The molecule has 7 nitrogen and oxygen atoms in total. The molecule has 0 heterocycles. The van der Waals surface area contributed by atoms with Gasteiger partial charge in [-0.05, 0) is 53.4 Å². The fourth-order valence-electron chi connectivity index (χ4n) is 5.23. The lowest BCUT2D eigenvalue weighted by molar-refractivity contribution is 0.0981. The number of benzene rings is 5. The maximum atomic E-state index is 14.2. The van der Waals surface area contributed by atoms with Crippen LogP contribution in [0, 0.1) is 0 Å². The number of amides is 3. The number of unbranched alkanes of at least 4 members (excludes halogenated alkanes) is 1. The summed E-state index contributed by atoms with van der Waals surface area (Å²) in [4.78, 5) is 30.6. The number of hydrogen-bond acceptors (Lipinski definition) is 4. The van der Waals surface area contributed by atoms with Crippen LogP contribution in [0.15, 0.2) is 138 Å². The van der Waals surface area contributed by atoms with Gasteiger partial charge in [0.25, 0.3) is 15.9 Å². The molecule has 0 unspecified atom stereocenters. The van der Waals surface area contributed by atoms with Gasteiger partial charge in [-0.1, -0.05) is 128 Å². The molecule has 240 valence electrons. The van der Waals surface area contributed by atoms with E-state index in [0.717, 1.165) is 29.7 Å². The van der Waals surface area contributed by atoms with Crippen LogP contribution < -0.4 is 9.62 Å². The zero-order valence-corrected chi connectivity index (χ0v) is 27.6. The highest BCUT2D eigenvalue weighted by Crippen LogP contribution is 2.29. The summed E-state index contributed by atoms with van der Waals surface area (Å²) < 4.78 is 28.9. The molecular formula is C38H36ClN3O4S. The van der Waals surface area contributed by atoms with E-state index < -0.39 is 15.9 Å². The summed E-state index contributed by atoms with van der Waals surface area (Å²) in [6.07, 6.45) is 1.79. The van der Waals surface area contributed by atoms with Gasteiger partial charge in [-0.15, -0.1) is 0 Å². The molecule has 0 saturated carbocycles. The van der Waals surface area contributed by atoms with E-state index >= 15 is 0 Å². The molecule has 5 aromatic carbocycles. The minimum atomic E-state index is -4.23. The molecule has 47 heavy (non-hydrogen) atoms. The van der Waals surface area contributed by atoms with Gasteiger partial charge >= 0.3 is 6.03 Å². The summed E-state index contributed by atoms with van der Waals surface area (Å²) in [7, 11) is -4.23. The smallest absolute Gasteiger partial charge is 0.320 e. The Kier molecular flexibility index (Phi) is 11.1. The average molecular weight is 666 g/mol. The molecule has 9 heteroatoms. The Morgan fingerprint density at radius 1 is 0.702 bits per heavy atom. The largest absolute Gasteiger partial charge is 0.325 e. The van der Waals surface area contributed by atoms with E-state index in [1.807, 2.05) is 89.8 Å². The van der Waals surface area contributed by atoms with Crippen molar-refractivity contribution < 1.29 is 18.0 Å². The van der Waals surface area contributed by atoms with Crippen LogP contribution in [0.2, 0.25) is 5.02 Å². The molecule has 0 aromatic heterocycles. The lowest BCUT2D eigenvalue weighted by atomic mass is 10.0. The zero-order chi connectivity index (χ0) is 33.2. The van der Waals surface area contributed by atoms with E-state index in [4.69, 9.17) is 11.6 Å². The summed E-state index contributed by atoms with van der Waals surface area (Å²) in [5.74, 6) is -0.811. The standard InChI is InChI=1S/C38H36ClN3O4S/c1-2-3-26-41(38(44)42(32-16-8-5-9-17-32)28-29-14-6-4-7-15-29)27-30-22-24-31(25-23-30)33-18-11-13-21-36(33)47(45,46)40-37(43)34-19-10-12-20-35(34)39/h4-25H,2-3,26-28H2,1H3,(H,40,43). The second-order valence-corrected chi connectivity index (χ2v) is 13.1. The van der Waals surface area contributed by atoms with Gasteiger partial charge in [0.15, 0.2) is 0 Å². The van der Waals surface area contributed by atoms with Crippen molar-refractivity contribution in [3.05, 3.63) is 155 Å². The van der Waals surface area contributed by atoms with Crippen LogP contribution in [-0.4, -0.2) is 31.8 Å². The Morgan fingerprint density at radius 3 is 1.98 bits per heavy atom. The molecule has 0 fully saturated rings. The Balaban J connectivity index is 1.38. The summed E-state index contributed by atoms with van der Waals surface area (Å²) >= 11 is 6.12. The number of hydrogen-bond donors (Lipinski definition) is 1. The van der Waals surface area contributed by atoms with Crippen LogP contribution in [0.5, 0.6) is 0 Å². The third-order valence-corrected chi connectivity index (χ3v) is 9.41. The van der Waals surface area contributed by atoms with E-state index in [1.54, 1.807) is 35.2 Å². The lowest BCUT2D eigenvalue weighted by Gasteiger charge is -2.31. The van der Waals surface area contributed by atoms with E-state index in [1.165, 1.54) is 18.2 Å². The summed E-state index contributed by atoms with van der Waals surface area (Å²) in [6.45, 7) is 3.49. The number of para-hydroxylation sites is 1. The molecule has 5 aromatic rings. The molecule has 0 aliphatic carbocycles. The monoisotopic (exact) mass is 665 g/mol. The molecule has 1 N–H and O–H groups in total. The maximum Gasteiger partial charge on any atom is 0.325 e. The molecule has 3 amide bonds. The first-order valence-corrected chi connectivity index (χ1v) is 17.3. The molecule has 0 aliphatic heterocycles. The van der Waals surface area contributed by atoms with Crippen LogP contribution in [0.3, 0.4) is 0 Å². The summed E-state index contributed by atoms with van der Waals surface area (Å²) in [5.41, 5.74) is 3.91. The molecule has 0 saturated heterocycles. The Labute approximate surface area is 281 Å². The van der Waals surface area contributed by atoms with Gasteiger partial charge in [0.1, 0.15) is 0 Å². The van der Waals surface area contributed by atoms with Crippen LogP contribution >= 0.6 is 11.6 Å². The summed E-state index contributed by atoms with van der Waals surface area (Å²) in [6, 6.07) is 39.7. The van der Waals surface area contributed by atoms with Gasteiger partial charge in [-0.2, -0.15) is 0 Å². The average Bonchev–Trinajstić information content (AvgIpc) is 3.10. The highest BCUT2D eigenvalue weighted by atomic mass is 35.5. The van der Waals surface area contributed by atoms with E-state index in [-0.39, 0.29) is 21.5 Å². The van der Waals surface area contributed by atoms with Gasteiger partial charge < -0.3 is 4.90 Å². The van der Waals surface area contributed by atoms with Gasteiger partial charge in [-0.3, -0.25) is 9.69 Å². The normalized spacial score (nSPS) is 11.1.